The van der Waals surface area contributed by atoms with Gasteiger partial charge in [0.1, 0.15) is 53.9 Å². The molecular weight excluding hydrogens is 1100 g/mol. The zero-order chi connectivity index (χ0) is 62.4. The number of aliphatic hydroxyl groups is 1. The van der Waals surface area contributed by atoms with Gasteiger partial charge in [-0.05, 0) is 181 Å². The van der Waals surface area contributed by atoms with E-state index in [2.05, 4.69) is 67.9 Å². The van der Waals surface area contributed by atoms with E-state index in [4.69, 9.17) is 33.8 Å². The van der Waals surface area contributed by atoms with Crippen LogP contribution in [0.15, 0.2) is 37.2 Å². The summed E-state index contributed by atoms with van der Waals surface area (Å²) in [6, 6.07) is 8.28. The highest BCUT2D eigenvalue weighted by molar-refractivity contribution is 6.04. The summed E-state index contributed by atoms with van der Waals surface area (Å²) < 4.78 is 0. The third-order valence-corrected chi connectivity index (χ3v) is 18.4. The number of hydrogen-bond acceptors (Lipinski definition) is 19. The summed E-state index contributed by atoms with van der Waals surface area (Å²) in [6.07, 6.45) is 21.9. The van der Waals surface area contributed by atoms with Gasteiger partial charge in [0.05, 0.1) is 29.1 Å². The van der Waals surface area contributed by atoms with Gasteiger partial charge in [0.25, 0.3) is 17.7 Å². The Morgan fingerprint density at radius 3 is 1.05 bits per heavy atom. The van der Waals surface area contributed by atoms with Crippen molar-refractivity contribution in [1.82, 2.24) is 45.9 Å². The molecule has 17 N–H and O–H groups in total. The number of aryl methyl sites for hydroxylation is 3. The minimum atomic E-state index is -0.362. The molecule has 0 unspecified atom stereocenters. The maximum Gasteiger partial charge on any atom is 0.252 e. The molecule has 3 aromatic carbocycles. The van der Waals surface area contributed by atoms with Crippen molar-refractivity contribution in [1.29, 1.82) is 5.26 Å². The Bertz CT molecular complexity index is 3480. The second kappa shape index (κ2) is 26.6. The van der Waals surface area contributed by atoms with Gasteiger partial charge in [-0.2, -0.15) is 5.26 Å². The fourth-order valence-electron chi connectivity index (χ4n) is 14.2. The lowest BCUT2D eigenvalue weighted by Crippen LogP contribution is -2.41. The van der Waals surface area contributed by atoms with E-state index in [1.165, 1.54) is 38.2 Å². The molecule has 12 rings (SSSR count). The van der Waals surface area contributed by atoms with Crippen LogP contribution in [0.25, 0.3) is 0 Å². The normalized spacial score (nSPS) is 17.0. The van der Waals surface area contributed by atoms with Crippen LogP contribution in [0.2, 0.25) is 0 Å². The van der Waals surface area contributed by atoms with Crippen LogP contribution in [-0.2, 0) is 35.9 Å². The first kappa shape index (κ1) is 63.0. The Balaban J connectivity index is 0.000000152. The molecule has 0 radical (unpaired) electrons. The lowest BCUT2D eigenvalue weighted by molar-refractivity contribution is 0.0900. The molecule has 22 heteroatoms. The van der Waals surface area contributed by atoms with E-state index < -0.39 is 0 Å². The topological polar surface area (TPSA) is 375 Å². The number of fused-ring (bicyclic) bond motifs is 6. The number of amides is 3. The third-order valence-electron chi connectivity index (χ3n) is 18.4. The van der Waals surface area contributed by atoms with Gasteiger partial charge in [-0.25, -0.2) is 29.9 Å². The van der Waals surface area contributed by atoms with Crippen LogP contribution in [-0.4, -0.2) is 72.4 Å². The van der Waals surface area contributed by atoms with E-state index >= 15 is 0 Å². The van der Waals surface area contributed by atoms with Gasteiger partial charge in [0.2, 0.25) is 0 Å². The van der Waals surface area contributed by atoms with Crippen molar-refractivity contribution in [2.45, 2.75) is 181 Å². The molecule has 3 spiro atoms. The van der Waals surface area contributed by atoms with Gasteiger partial charge in [-0.1, -0.05) is 57.8 Å². The summed E-state index contributed by atoms with van der Waals surface area (Å²) in [5.74, 6) is 3.36. The summed E-state index contributed by atoms with van der Waals surface area (Å²) in [5, 5.41) is 37.3. The largest absolute Gasteiger partial charge is 0.397 e. The molecule has 3 amide bonds. The maximum atomic E-state index is 12.9. The molecule has 460 valence electrons. The molecular formula is C65H86N18O4. The number of aromatic nitrogens is 6. The summed E-state index contributed by atoms with van der Waals surface area (Å²) in [6.45, 7) is 14.6. The van der Waals surface area contributed by atoms with Crippen LogP contribution in [0.5, 0.6) is 0 Å². The molecule has 3 aliphatic heterocycles. The number of nitriles is 1. The average molecular weight is 1180 g/mol. The highest BCUT2D eigenvalue weighted by atomic mass is 16.2. The highest BCUT2D eigenvalue weighted by Crippen LogP contribution is 2.51. The molecule has 0 saturated heterocycles. The SMILES string of the molecule is CCO.Cc1cc(Nc2ncnc(N)c2C)c(CC#N)c2c1C(=O)NC21CCCCC1.Cc1cc(Nc2ncnc(N)c2C)c(CCN)c2c1C(=O)NC21CCCCC1.Cc1cc(Nc2ncnc(N)c2C)c(CCN)c2c1C(=O)NC21CCCCC1. The fourth-order valence-corrected chi connectivity index (χ4v) is 14.2. The molecule has 6 aromatic rings. The number of carbonyl (C=O) groups excluding carboxylic acids is 3. The van der Waals surface area contributed by atoms with Gasteiger partial charge in [-0.15, -0.1) is 0 Å². The van der Waals surface area contributed by atoms with E-state index in [9.17, 15) is 19.6 Å². The van der Waals surface area contributed by atoms with Crippen molar-refractivity contribution in [3.05, 3.63) is 121 Å². The van der Waals surface area contributed by atoms with Crippen LogP contribution in [0, 0.1) is 52.9 Å². The first-order valence-electron chi connectivity index (χ1n) is 30.7. The number of nitrogens with two attached hydrogens (primary N) is 5. The van der Waals surface area contributed by atoms with Gasteiger partial charge < -0.3 is 65.7 Å². The third kappa shape index (κ3) is 12.3. The lowest BCUT2D eigenvalue weighted by Gasteiger charge is -2.36. The van der Waals surface area contributed by atoms with E-state index in [1.54, 1.807) is 6.92 Å². The van der Waals surface area contributed by atoms with Crippen LogP contribution in [0.4, 0.5) is 52.0 Å². The number of anilines is 9. The van der Waals surface area contributed by atoms with Crippen molar-refractivity contribution < 1.29 is 19.5 Å². The summed E-state index contributed by atoms with van der Waals surface area (Å²) >= 11 is 0. The Hall–Kier alpha value is -8.52. The summed E-state index contributed by atoms with van der Waals surface area (Å²) in [5.41, 5.74) is 45.6. The van der Waals surface area contributed by atoms with Crippen LogP contribution in [0.1, 0.15) is 201 Å². The van der Waals surface area contributed by atoms with Crippen molar-refractivity contribution in [3.8, 4) is 6.07 Å². The van der Waals surface area contributed by atoms with Gasteiger partial charge >= 0.3 is 0 Å². The maximum absolute atomic E-state index is 12.9. The zero-order valence-electron chi connectivity index (χ0n) is 51.5. The first-order valence-corrected chi connectivity index (χ1v) is 30.7. The molecule has 6 aliphatic rings. The molecule has 3 fully saturated rings. The van der Waals surface area contributed by atoms with E-state index in [-0.39, 0.29) is 47.4 Å². The number of benzene rings is 3. The molecule has 6 heterocycles. The van der Waals surface area contributed by atoms with Crippen LogP contribution < -0.4 is 60.6 Å². The smallest absolute Gasteiger partial charge is 0.252 e. The number of nitrogen functional groups attached to an aromatic ring is 3. The van der Waals surface area contributed by atoms with E-state index in [0.29, 0.717) is 60.8 Å². The minimum Gasteiger partial charge on any atom is -0.397 e. The van der Waals surface area contributed by atoms with Gasteiger partial charge in [0, 0.05) is 57.0 Å². The Kier molecular flexibility index (Phi) is 19.3. The second-order valence-electron chi connectivity index (χ2n) is 24.0. The number of nitrogens with zero attached hydrogens (tertiary/aromatic N) is 7. The van der Waals surface area contributed by atoms with Crippen molar-refractivity contribution in [3.63, 3.8) is 0 Å². The second-order valence-corrected chi connectivity index (χ2v) is 24.0. The number of carbonyl (C=O) groups is 3. The fraction of sp³-hybridized carbons (Fsp3) is 0.477. The minimum absolute atomic E-state index is 0.0254. The van der Waals surface area contributed by atoms with E-state index in [1.807, 2.05) is 59.7 Å². The average Bonchev–Trinajstić information content (AvgIpc) is 1.69. The molecule has 3 aliphatic carbocycles. The Labute approximate surface area is 509 Å². The number of hydrogen-bond donors (Lipinski definition) is 12. The number of aliphatic hydroxyl groups excluding tert-OH is 1. The van der Waals surface area contributed by atoms with Gasteiger partial charge in [-0.3, -0.25) is 14.4 Å². The highest BCUT2D eigenvalue weighted by Gasteiger charge is 2.49. The summed E-state index contributed by atoms with van der Waals surface area (Å²) in [7, 11) is 0. The molecule has 0 atom stereocenters. The van der Waals surface area contributed by atoms with Crippen molar-refractivity contribution in [2.24, 2.45) is 11.5 Å². The molecule has 22 nitrogen and oxygen atoms in total. The Morgan fingerprint density at radius 1 is 0.494 bits per heavy atom. The van der Waals surface area contributed by atoms with Crippen LogP contribution >= 0.6 is 0 Å². The molecule has 0 bridgehead atoms. The summed E-state index contributed by atoms with van der Waals surface area (Å²) in [4.78, 5) is 63.7. The lowest BCUT2D eigenvalue weighted by atomic mass is 9.74. The molecule has 3 aromatic heterocycles. The van der Waals surface area contributed by atoms with E-state index in [0.717, 1.165) is 178 Å². The van der Waals surface area contributed by atoms with Crippen molar-refractivity contribution in [2.75, 3.05) is 52.8 Å². The number of nitrogens with one attached hydrogen (secondary N) is 6. The monoisotopic (exact) mass is 1180 g/mol. The molecule has 3 saturated carbocycles. The molecule has 87 heavy (non-hydrogen) atoms. The quantitative estimate of drug-likeness (QED) is 0.0575. The van der Waals surface area contributed by atoms with Crippen molar-refractivity contribution >= 4 is 69.7 Å². The zero-order valence-corrected chi connectivity index (χ0v) is 51.5. The predicted molar refractivity (Wildman–Crippen MR) is 341 cm³/mol. The van der Waals surface area contributed by atoms with Crippen LogP contribution in [0.3, 0.4) is 0 Å². The number of rotatable bonds is 11. The Morgan fingerprint density at radius 2 is 0.770 bits per heavy atom. The standard InChI is InChI=1S/2C21H28N6O.C21H24N6O.C2H6O/c3*1-12-10-15(26-19-13(2)18(23)24-11-25-19)14(6-9-22)17-16(12)20(28)27-21(17)7-4-3-5-8-21;1-2-3/h2*10-11H,3-9,22H2,1-2H3,(H,27,28)(H3,23,24,25,26);10-11H,3-8H2,1-2H3,(H,27,28)(H3,23,24,25,26);3H,2H2,1H3. The van der Waals surface area contributed by atoms with Gasteiger partial charge in [0.15, 0.2) is 0 Å². The predicted octanol–water partition coefficient (Wildman–Crippen LogP) is 9.03. The first-order chi connectivity index (χ1) is 41.8.